The summed E-state index contributed by atoms with van der Waals surface area (Å²) in [6.07, 6.45) is 0. The quantitative estimate of drug-likeness (QED) is 0.916. The average Bonchev–Trinajstić information content (AvgIpc) is 2.38. The molecule has 2 aromatic carbocycles. The SMILES string of the molecule is CN(Cc1cccc(F)c1)c1ccccc1C(=O)O. The van der Waals surface area contributed by atoms with E-state index in [1.165, 1.54) is 12.1 Å². The summed E-state index contributed by atoms with van der Waals surface area (Å²) in [5, 5.41) is 9.14. The fourth-order valence-electron chi connectivity index (χ4n) is 1.98. The Hall–Kier alpha value is -2.36. The van der Waals surface area contributed by atoms with Gasteiger partial charge >= 0.3 is 5.97 Å². The van der Waals surface area contributed by atoms with Crippen LogP contribution in [0.3, 0.4) is 0 Å². The third-order valence-corrected chi connectivity index (χ3v) is 2.85. The highest BCUT2D eigenvalue weighted by Gasteiger charge is 2.12. The average molecular weight is 259 g/mol. The number of para-hydroxylation sites is 1. The molecule has 0 aliphatic heterocycles. The van der Waals surface area contributed by atoms with Gasteiger partial charge < -0.3 is 10.0 Å². The molecule has 3 nitrogen and oxygen atoms in total. The molecule has 4 heteroatoms. The molecular weight excluding hydrogens is 245 g/mol. The minimum Gasteiger partial charge on any atom is -0.478 e. The molecule has 0 saturated carbocycles. The first-order chi connectivity index (χ1) is 9.08. The van der Waals surface area contributed by atoms with Crippen LogP contribution in [0.2, 0.25) is 0 Å². The Balaban J connectivity index is 2.25. The molecule has 0 bridgehead atoms. The molecule has 0 aromatic heterocycles. The summed E-state index contributed by atoms with van der Waals surface area (Å²) in [5.41, 5.74) is 1.64. The van der Waals surface area contributed by atoms with Crippen LogP contribution in [0.15, 0.2) is 48.5 Å². The highest BCUT2D eigenvalue weighted by atomic mass is 19.1. The Kier molecular flexibility index (Phi) is 3.80. The van der Waals surface area contributed by atoms with Crippen LogP contribution in [-0.2, 0) is 6.54 Å². The summed E-state index contributed by atoms with van der Waals surface area (Å²) in [6.45, 7) is 0.446. The zero-order valence-electron chi connectivity index (χ0n) is 10.5. The maximum Gasteiger partial charge on any atom is 0.337 e. The van der Waals surface area contributed by atoms with Crippen molar-refractivity contribution >= 4 is 11.7 Å². The summed E-state index contributed by atoms with van der Waals surface area (Å²) < 4.78 is 13.1. The summed E-state index contributed by atoms with van der Waals surface area (Å²) in [4.78, 5) is 12.9. The van der Waals surface area contributed by atoms with Gasteiger partial charge in [0.2, 0.25) is 0 Å². The fourth-order valence-corrected chi connectivity index (χ4v) is 1.98. The number of carboxylic acids is 1. The van der Waals surface area contributed by atoms with Crippen LogP contribution in [0.5, 0.6) is 0 Å². The van der Waals surface area contributed by atoms with Gasteiger partial charge in [0.1, 0.15) is 5.82 Å². The van der Waals surface area contributed by atoms with E-state index in [-0.39, 0.29) is 11.4 Å². The minimum atomic E-state index is -0.971. The molecular formula is C15H14FNO2. The van der Waals surface area contributed by atoms with E-state index in [0.717, 1.165) is 5.56 Å². The molecule has 1 N–H and O–H groups in total. The van der Waals surface area contributed by atoms with Crippen molar-refractivity contribution in [3.8, 4) is 0 Å². The second-order valence-electron chi connectivity index (χ2n) is 4.31. The van der Waals surface area contributed by atoms with Gasteiger partial charge in [0, 0.05) is 13.6 Å². The summed E-state index contributed by atoms with van der Waals surface area (Å²) >= 11 is 0. The number of hydrogen-bond donors (Lipinski definition) is 1. The standard InChI is InChI=1S/C15H14FNO2/c1-17(10-11-5-4-6-12(16)9-11)14-8-3-2-7-13(14)15(18)19/h2-9H,10H2,1H3,(H,18,19). The van der Waals surface area contributed by atoms with E-state index in [9.17, 15) is 9.18 Å². The number of carboxylic acid groups (broad SMARTS) is 1. The zero-order valence-corrected chi connectivity index (χ0v) is 10.5. The van der Waals surface area contributed by atoms with E-state index < -0.39 is 5.97 Å². The predicted octanol–water partition coefficient (Wildman–Crippen LogP) is 3.16. The highest BCUT2D eigenvalue weighted by molar-refractivity contribution is 5.94. The molecule has 0 radical (unpaired) electrons. The molecule has 0 unspecified atom stereocenters. The summed E-state index contributed by atoms with van der Waals surface area (Å²) in [6, 6.07) is 13.0. The van der Waals surface area contributed by atoms with E-state index in [1.807, 2.05) is 6.07 Å². The van der Waals surface area contributed by atoms with Crippen LogP contribution < -0.4 is 4.90 Å². The Bertz CT molecular complexity index is 598. The molecule has 0 fully saturated rings. The Morgan fingerprint density at radius 3 is 2.63 bits per heavy atom. The van der Waals surface area contributed by atoms with E-state index in [4.69, 9.17) is 5.11 Å². The molecule has 0 spiro atoms. The van der Waals surface area contributed by atoms with Gasteiger partial charge in [-0.1, -0.05) is 24.3 Å². The number of carbonyl (C=O) groups is 1. The normalized spacial score (nSPS) is 10.2. The number of aromatic carboxylic acids is 1. The van der Waals surface area contributed by atoms with Gasteiger partial charge in [0.25, 0.3) is 0 Å². The van der Waals surface area contributed by atoms with Gasteiger partial charge in [-0.3, -0.25) is 0 Å². The molecule has 0 aliphatic carbocycles. The predicted molar refractivity (Wildman–Crippen MR) is 71.9 cm³/mol. The maximum absolute atomic E-state index is 13.1. The smallest absolute Gasteiger partial charge is 0.337 e. The van der Waals surface area contributed by atoms with E-state index >= 15 is 0 Å². The lowest BCUT2D eigenvalue weighted by atomic mass is 10.1. The monoisotopic (exact) mass is 259 g/mol. The van der Waals surface area contributed by atoms with Gasteiger partial charge in [-0.2, -0.15) is 0 Å². The molecule has 2 rings (SSSR count). The van der Waals surface area contributed by atoms with Gasteiger partial charge in [0.05, 0.1) is 11.3 Å². The van der Waals surface area contributed by atoms with E-state index in [0.29, 0.717) is 12.2 Å². The number of rotatable bonds is 4. The number of benzene rings is 2. The molecule has 2 aromatic rings. The van der Waals surface area contributed by atoms with E-state index in [1.54, 1.807) is 42.3 Å². The van der Waals surface area contributed by atoms with Crippen molar-refractivity contribution in [1.82, 2.24) is 0 Å². The summed E-state index contributed by atoms with van der Waals surface area (Å²) in [7, 11) is 1.78. The molecule has 0 heterocycles. The Labute approximate surface area is 110 Å². The van der Waals surface area contributed by atoms with Gasteiger partial charge in [-0.25, -0.2) is 9.18 Å². The summed E-state index contributed by atoms with van der Waals surface area (Å²) in [5.74, 6) is -1.26. The zero-order chi connectivity index (χ0) is 13.8. The lowest BCUT2D eigenvalue weighted by Gasteiger charge is -2.21. The highest BCUT2D eigenvalue weighted by Crippen LogP contribution is 2.21. The second-order valence-corrected chi connectivity index (χ2v) is 4.31. The Morgan fingerprint density at radius 1 is 1.21 bits per heavy atom. The van der Waals surface area contributed by atoms with Crippen LogP contribution in [0, 0.1) is 5.82 Å². The minimum absolute atomic E-state index is 0.237. The van der Waals surface area contributed by atoms with Crippen LogP contribution >= 0.6 is 0 Å². The largest absolute Gasteiger partial charge is 0.478 e. The first-order valence-corrected chi connectivity index (χ1v) is 5.86. The fraction of sp³-hybridized carbons (Fsp3) is 0.133. The van der Waals surface area contributed by atoms with Crippen molar-refractivity contribution in [1.29, 1.82) is 0 Å². The second kappa shape index (κ2) is 5.52. The third-order valence-electron chi connectivity index (χ3n) is 2.85. The van der Waals surface area contributed by atoms with Crippen molar-refractivity contribution in [2.45, 2.75) is 6.54 Å². The molecule has 98 valence electrons. The third kappa shape index (κ3) is 3.10. The maximum atomic E-state index is 13.1. The first kappa shape index (κ1) is 13.1. The van der Waals surface area contributed by atoms with Gasteiger partial charge in [-0.15, -0.1) is 0 Å². The van der Waals surface area contributed by atoms with Crippen LogP contribution in [0.1, 0.15) is 15.9 Å². The number of halogens is 1. The van der Waals surface area contributed by atoms with Crippen molar-refractivity contribution < 1.29 is 14.3 Å². The topological polar surface area (TPSA) is 40.5 Å². The number of hydrogen-bond acceptors (Lipinski definition) is 2. The van der Waals surface area contributed by atoms with Crippen molar-refractivity contribution in [3.63, 3.8) is 0 Å². The van der Waals surface area contributed by atoms with Crippen molar-refractivity contribution in [2.75, 3.05) is 11.9 Å². The van der Waals surface area contributed by atoms with Crippen LogP contribution in [0.4, 0.5) is 10.1 Å². The molecule has 0 aliphatic rings. The van der Waals surface area contributed by atoms with Crippen LogP contribution in [0.25, 0.3) is 0 Å². The van der Waals surface area contributed by atoms with E-state index in [2.05, 4.69) is 0 Å². The molecule has 0 atom stereocenters. The van der Waals surface area contributed by atoms with Crippen LogP contribution in [-0.4, -0.2) is 18.1 Å². The lowest BCUT2D eigenvalue weighted by molar-refractivity contribution is 0.0697. The lowest BCUT2D eigenvalue weighted by Crippen LogP contribution is -2.19. The number of nitrogens with zero attached hydrogens (tertiary/aromatic N) is 1. The molecule has 0 amide bonds. The number of anilines is 1. The molecule has 0 saturated heterocycles. The molecule has 19 heavy (non-hydrogen) atoms. The van der Waals surface area contributed by atoms with Gasteiger partial charge in [-0.05, 0) is 29.8 Å². The van der Waals surface area contributed by atoms with Gasteiger partial charge in [0.15, 0.2) is 0 Å². The first-order valence-electron chi connectivity index (χ1n) is 5.86. The van der Waals surface area contributed by atoms with Crippen molar-refractivity contribution in [3.05, 3.63) is 65.5 Å². The van der Waals surface area contributed by atoms with Crippen molar-refractivity contribution in [2.24, 2.45) is 0 Å². The Morgan fingerprint density at radius 2 is 1.95 bits per heavy atom.